The molecular weight excluding hydrogens is 230 g/mol. The van der Waals surface area contributed by atoms with Crippen LogP contribution in [0.2, 0.25) is 0 Å². The van der Waals surface area contributed by atoms with Crippen LogP contribution in [0.1, 0.15) is 28.8 Å². The highest BCUT2D eigenvalue weighted by molar-refractivity contribution is 9.09. The Bertz CT molecular complexity index is 340. The predicted molar refractivity (Wildman–Crippen MR) is 54.8 cm³/mol. The topological polar surface area (TPSA) is 43.1 Å². The number of rotatable bonds is 2. The minimum Gasteiger partial charge on any atom is -0.366 e. The van der Waals surface area contributed by atoms with E-state index in [-0.39, 0.29) is 10.2 Å². The summed E-state index contributed by atoms with van der Waals surface area (Å²) in [6.45, 7) is 0. The monoisotopic (exact) mass is 239 g/mol. The highest BCUT2D eigenvalue weighted by atomic mass is 79.9. The Balaban J connectivity index is 2.28. The van der Waals surface area contributed by atoms with Crippen LogP contribution in [0.4, 0.5) is 0 Å². The smallest absolute Gasteiger partial charge is 0.248 e. The summed E-state index contributed by atoms with van der Waals surface area (Å²) in [6.07, 6.45) is 2.34. The zero-order chi connectivity index (χ0) is 9.47. The molecule has 0 atom stereocenters. The molecule has 68 valence electrons. The van der Waals surface area contributed by atoms with Gasteiger partial charge in [0.25, 0.3) is 0 Å². The average molecular weight is 240 g/mol. The van der Waals surface area contributed by atoms with E-state index in [1.807, 2.05) is 12.1 Å². The summed E-state index contributed by atoms with van der Waals surface area (Å²) < 4.78 is 0.184. The van der Waals surface area contributed by atoms with Crippen molar-refractivity contribution in [1.29, 1.82) is 0 Å². The molecule has 3 heteroatoms. The van der Waals surface area contributed by atoms with Crippen LogP contribution in [0.5, 0.6) is 0 Å². The molecule has 1 amide bonds. The minimum atomic E-state index is -0.369. The van der Waals surface area contributed by atoms with Gasteiger partial charge in [0.1, 0.15) is 0 Å². The summed E-state index contributed by atoms with van der Waals surface area (Å²) in [7, 11) is 0. The lowest BCUT2D eigenvalue weighted by atomic mass is 10.1. The van der Waals surface area contributed by atoms with Crippen LogP contribution in [-0.2, 0) is 4.32 Å². The van der Waals surface area contributed by atoms with Crippen molar-refractivity contribution in [2.45, 2.75) is 17.2 Å². The lowest BCUT2D eigenvalue weighted by molar-refractivity contribution is 0.100. The van der Waals surface area contributed by atoms with E-state index in [4.69, 9.17) is 5.73 Å². The summed E-state index contributed by atoms with van der Waals surface area (Å²) >= 11 is 3.64. The van der Waals surface area contributed by atoms with Gasteiger partial charge in [0, 0.05) is 5.56 Å². The molecule has 13 heavy (non-hydrogen) atoms. The molecule has 0 aromatic heterocycles. The number of nitrogens with two attached hydrogens (primary N) is 1. The van der Waals surface area contributed by atoms with E-state index in [1.165, 1.54) is 18.4 Å². The maximum Gasteiger partial charge on any atom is 0.248 e. The van der Waals surface area contributed by atoms with E-state index in [0.29, 0.717) is 5.56 Å². The van der Waals surface area contributed by atoms with Crippen molar-refractivity contribution in [1.82, 2.24) is 0 Å². The molecule has 0 aliphatic heterocycles. The summed E-state index contributed by atoms with van der Waals surface area (Å²) in [6, 6.07) is 7.47. The third kappa shape index (κ3) is 1.61. The Hall–Kier alpha value is -0.830. The standard InChI is InChI=1S/C10H10BrNO/c11-10(5-6-10)8-3-1-7(2-4-8)9(12)13/h1-4H,5-6H2,(H2,12,13). The van der Waals surface area contributed by atoms with Crippen LogP contribution < -0.4 is 5.73 Å². The fraction of sp³-hybridized carbons (Fsp3) is 0.300. The molecule has 2 rings (SSSR count). The highest BCUT2D eigenvalue weighted by Gasteiger charge is 2.41. The fourth-order valence-electron chi connectivity index (χ4n) is 1.33. The van der Waals surface area contributed by atoms with Gasteiger partial charge in [-0.15, -0.1) is 0 Å². The van der Waals surface area contributed by atoms with Crippen molar-refractivity contribution in [3.8, 4) is 0 Å². The zero-order valence-corrected chi connectivity index (χ0v) is 8.67. The van der Waals surface area contributed by atoms with Crippen molar-refractivity contribution >= 4 is 21.8 Å². The summed E-state index contributed by atoms with van der Waals surface area (Å²) in [5, 5.41) is 0. The first-order valence-electron chi connectivity index (χ1n) is 4.21. The number of hydrogen-bond donors (Lipinski definition) is 1. The quantitative estimate of drug-likeness (QED) is 0.791. The second kappa shape index (κ2) is 2.84. The number of halogens is 1. The second-order valence-electron chi connectivity index (χ2n) is 3.41. The molecule has 2 N–H and O–H groups in total. The van der Waals surface area contributed by atoms with E-state index in [0.717, 1.165) is 0 Å². The average Bonchev–Trinajstić information content (AvgIpc) is 2.85. The Morgan fingerprint density at radius 1 is 1.31 bits per heavy atom. The van der Waals surface area contributed by atoms with Crippen LogP contribution in [0, 0.1) is 0 Å². The predicted octanol–water partition coefficient (Wildman–Crippen LogP) is 2.17. The second-order valence-corrected chi connectivity index (χ2v) is 4.92. The molecule has 1 fully saturated rings. The van der Waals surface area contributed by atoms with Crippen LogP contribution in [0.15, 0.2) is 24.3 Å². The van der Waals surface area contributed by atoms with E-state index in [2.05, 4.69) is 15.9 Å². The molecule has 0 spiro atoms. The molecule has 2 nitrogen and oxygen atoms in total. The number of carbonyl (C=O) groups excluding carboxylic acids is 1. The lowest BCUT2D eigenvalue weighted by Gasteiger charge is -2.06. The Morgan fingerprint density at radius 2 is 1.85 bits per heavy atom. The SMILES string of the molecule is NC(=O)c1ccc(C2(Br)CC2)cc1. The first kappa shape index (κ1) is 8.75. The van der Waals surface area contributed by atoms with Crippen molar-refractivity contribution in [3.05, 3.63) is 35.4 Å². The number of benzene rings is 1. The van der Waals surface area contributed by atoms with E-state index >= 15 is 0 Å². The van der Waals surface area contributed by atoms with Gasteiger partial charge in [0.15, 0.2) is 0 Å². The van der Waals surface area contributed by atoms with Gasteiger partial charge < -0.3 is 5.73 Å². The molecule has 1 aromatic rings. The van der Waals surface area contributed by atoms with Crippen LogP contribution in [0.3, 0.4) is 0 Å². The fourth-order valence-corrected chi connectivity index (χ4v) is 1.79. The van der Waals surface area contributed by atoms with Crippen LogP contribution >= 0.6 is 15.9 Å². The largest absolute Gasteiger partial charge is 0.366 e. The zero-order valence-electron chi connectivity index (χ0n) is 7.09. The van der Waals surface area contributed by atoms with Crippen molar-refractivity contribution in [2.75, 3.05) is 0 Å². The van der Waals surface area contributed by atoms with Gasteiger partial charge >= 0.3 is 0 Å². The van der Waals surface area contributed by atoms with Gasteiger partial charge in [-0.05, 0) is 30.5 Å². The Kier molecular flexibility index (Phi) is 1.91. The van der Waals surface area contributed by atoms with Crippen LogP contribution in [-0.4, -0.2) is 5.91 Å². The molecule has 0 bridgehead atoms. The summed E-state index contributed by atoms with van der Waals surface area (Å²) in [4.78, 5) is 10.8. The van der Waals surface area contributed by atoms with Gasteiger partial charge in [-0.25, -0.2) is 0 Å². The number of carbonyl (C=O) groups is 1. The molecule has 1 aliphatic rings. The van der Waals surface area contributed by atoms with E-state index in [9.17, 15) is 4.79 Å². The Morgan fingerprint density at radius 3 is 2.23 bits per heavy atom. The highest BCUT2D eigenvalue weighted by Crippen LogP contribution is 2.53. The van der Waals surface area contributed by atoms with Gasteiger partial charge in [-0.1, -0.05) is 28.1 Å². The summed E-state index contributed by atoms with van der Waals surface area (Å²) in [5.41, 5.74) is 6.94. The maximum absolute atomic E-state index is 10.8. The minimum absolute atomic E-state index is 0.184. The molecule has 0 heterocycles. The van der Waals surface area contributed by atoms with Crippen molar-refractivity contribution in [2.24, 2.45) is 5.73 Å². The van der Waals surface area contributed by atoms with Gasteiger partial charge in [0.05, 0.1) is 4.32 Å². The normalized spacial score (nSPS) is 18.2. The summed E-state index contributed by atoms with van der Waals surface area (Å²) in [5.74, 6) is -0.369. The van der Waals surface area contributed by atoms with E-state index < -0.39 is 0 Å². The first-order chi connectivity index (χ1) is 6.12. The molecular formula is C10H10BrNO. The molecule has 1 aromatic carbocycles. The van der Waals surface area contributed by atoms with E-state index in [1.54, 1.807) is 12.1 Å². The third-order valence-corrected chi connectivity index (χ3v) is 3.63. The number of amides is 1. The molecule has 1 aliphatic carbocycles. The molecule has 0 saturated heterocycles. The number of primary amides is 1. The van der Waals surface area contributed by atoms with Crippen LogP contribution in [0.25, 0.3) is 0 Å². The first-order valence-corrected chi connectivity index (χ1v) is 5.00. The lowest BCUT2D eigenvalue weighted by Crippen LogP contribution is -2.10. The van der Waals surface area contributed by atoms with Gasteiger partial charge in [-0.2, -0.15) is 0 Å². The number of hydrogen-bond acceptors (Lipinski definition) is 1. The van der Waals surface area contributed by atoms with Crippen molar-refractivity contribution < 1.29 is 4.79 Å². The molecule has 1 saturated carbocycles. The van der Waals surface area contributed by atoms with Gasteiger partial charge in [0.2, 0.25) is 5.91 Å². The molecule has 0 unspecified atom stereocenters. The third-order valence-electron chi connectivity index (χ3n) is 2.38. The Labute approximate surface area is 85.3 Å². The van der Waals surface area contributed by atoms with Gasteiger partial charge in [-0.3, -0.25) is 4.79 Å². The number of alkyl halides is 1. The van der Waals surface area contributed by atoms with Crippen molar-refractivity contribution in [3.63, 3.8) is 0 Å². The maximum atomic E-state index is 10.8. The molecule has 0 radical (unpaired) electrons.